The first kappa shape index (κ1) is 20.5. The fourth-order valence-electron chi connectivity index (χ4n) is 3.17. The number of anilines is 1. The maximum absolute atomic E-state index is 13.0. The Kier molecular flexibility index (Phi) is 6.16. The summed E-state index contributed by atoms with van der Waals surface area (Å²) in [4.78, 5) is 12.8. The first-order valence-electron chi connectivity index (χ1n) is 9.22. The molecule has 0 aromatic carbocycles. The predicted molar refractivity (Wildman–Crippen MR) is 102 cm³/mol. The first-order valence-corrected chi connectivity index (χ1v) is 10.7. The molecule has 0 unspecified atom stereocenters. The topological polar surface area (TPSA) is 111 Å². The van der Waals surface area contributed by atoms with Crippen LogP contribution >= 0.6 is 0 Å². The Morgan fingerprint density at radius 1 is 1.36 bits per heavy atom. The number of carbonyl (C=O) groups excluding carboxylic acids is 1. The van der Waals surface area contributed by atoms with Crippen LogP contribution < -0.4 is 5.32 Å². The number of carbonyl (C=O) groups is 1. The maximum Gasteiger partial charge on any atom is 0.246 e. The van der Waals surface area contributed by atoms with Crippen LogP contribution in [-0.4, -0.2) is 57.9 Å². The number of aryl methyl sites for hydroxylation is 1. The molecule has 1 N–H and O–H groups in total. The van der Waals surface area contributed by atoms with Crippen molar-refractivity contribution in [3.05, 3.63) is 24.3 Å². The summed E-state index contributed by atoms with van der Waals surface area (Å²) in [6.07, 6.45) is 5.86. The summed E-state index contributed by atoms with van der Waals surface area (Å²) in [5.41, 5.74) is 1.14. The summed E-state index contributed by atoms with van der Waals surface area (Å²) >= 11 is 0. The second-order valence-corrected chi connectivity index (χ2v) is 8.71. The van der Waals surface area contributed by atoms with Gasteiger partial charge >= 0.3 is 0 Å². The average molecular weight is 411 g/mol. The van der Waals surface area contributed by atoms with Crippen molar-refractivity contribution in [3.8, 4) is 0 Å². The third kappa shape index (κ3) is 4.26. The van der Waals surface area contributed by atoms with E-state index in [9.17, 15) is 13.2 Å². The molecular formula is C17H26N6O4S. The molecule has 2 aromatic rings. The summed E-state index contributed by atoms with van der Waals surface area (Å²) in [6.45, 7) is 5.04. The van der Waals surface area contributed by atoms with Gasteiger partial charge in [0.15, 0.2) is 0 Å². The average Bonchev–Trinajstić information content (AvgIpc) is 3.27. The van der Waals surface area contributed by atoms with Gasteiger partial charge in [-0.25, -0.2) is 13.1 Å². The summed E-state index contributed by atoms with van der Waals surface area (Å²) in [7, 11) is -1.98. The highest BCUT2D eigenvalue weighted by Gasteiger charge is 2.35. The third-order valence-electron chi connectivity index (χ3n) is 4.89. The molecule has 10 nitrogen and oxygen atoms in total. The van der Waals surface area contributed by atoms with E-state index in [0.717, 1.165) is 0 Å². The lowest BCUT2D eigenvalue weighted by Gasteiger charge is -2.31. The van der Waals surface area contributed by atoms with E-state index in [0.29, 0.717) is 44.1 Å². The van der Waals surface area contributed by atoms with Gasteiger partial charge in [-0.15, -0.1) is 0 Å². The number of nitrogens with one attached hydrogen (secondary N) is 1. The van der Waals surface area contributed by atoms with Crippen LogP contribution in [0.4, 0.5) is 5.69 Å². The van der Waals surface area contributed by atoms with Crippen LogP contribution in [0.3, 0.4) is 0 Å². The van der Waals surface area contributed by atoms with Crippen LogP contribution in [0.25, 0.3) is 0 Å². The molecule has 1 aliphatic rings. The normalized spacial score (nSPS) is 18.3. The monoisotopic (exact) mass is 410 g/mol. The number of nitrogens with zero attached hydrogens (tertiary/aromatic N) is 5. The lowest BCUT2D eigenvalue weighted by Crippen LogP contribution is -2.43. The second kappa shape index (κ2) is 8.41. The molecular weight excluding hydrogens is 384 g/mol. The van der Waals surface area contributed by atoms with E-state index in [1.807, 2.05) is 6.92 Å². The number of ether oxygens (including phenoxy) is 1. The highest BCUT2D eigenvalue weighted by Crippen LogP contribution is 2.26. The second-order valence-electron chi connectivity index (χ2n) is 6.80. The quantitative estimate of drug-likeness (QED) is 0.728. The fraction of sp³-hybridized carbons (Fsp3) is 0.588. The number of amides is 1. The van der Waals surface area contributed by atoms with Crippen LogP contribution in [0.15, 0.2) is 23.5 Å². The molecule has 1 amide bonds. The van der Waals surface area contributed by atoms with Crippen LogP contribution in [0.2, 0.25) is 0 Å². The minimum Gasteiger partial charge on any atom is -0.360 e. The zero-order valence-corrected chi connectivity index (χ0v) is 17.1. The Morgan fingerprint density at radius 2 is 2.14 bits per heavy atom. The van der Waals surface area contributed by atoms with Crippen molar-refractivity contribution in [2.75, 3.05) is 25.0 Å². The number of piperidine rings is 1. The van der Waals surface area contributed by atoms with Gasteiger partial charge in [-0.05, 0) is 26.7 Å². The van der Waals surface area contributed by atoms with Gasteiger partial charge in [0.25, 0.3) is 0 Å². The maximum atomic E-state index is 13.0. The van der Waals surface area contributed by atoms with E-state index in [4.69, 9.17) is 4.74 Å². The number of hydrogen-bond acceptors (Lipinski definition) is 6. The van der Waals surface area contributed by atoms with E-state index < -0.39 is 15.9 Å². The summed E-state index contributed by atoms with van der Waals surface area (Å²) in [5, 5.41) is 11.0. The number of rotatable bonds is 7. The number of hydrogen-bond donors (Lipinski definition) is 1. The predicted octanol–water partition coefficient (Wildman–Crippen LogP) is 0.958. The van der Waals surface area contributed by atoms with E-state index in [1.165, 1.54) is 15.2 Å². The van der Waals surface area contributed by atoms with Crippen molar-refractivity contribution < 1.29 is 17.9 Å². The van der Waals surface area contributed by atoms with E-state index in [-0.39, 0.29) is 17.3 Å². The minimum absolute atomic E-state index is 0.148. The Morgan fingerprint density at radius 3 is 2.82 bits per heavy atom. The molecule has 1 fully saturated rings. The summed E-state index contributed by atoms with van der Waals surface area (Å²) in [5.74, 6) is -0.630. The van der Waals surface area contributed by atoms with Crippen molar-refractivity contribution in [1.29, 1.82) is 0 Å². The van der Waals surface area contributed by atoms with Crippen LogP contribution in [0.1, 0.15) is 25.5 Å². The number of sulfonamides is 1. The molecule has 0 radical (unpaired) electrons. The van der Waals surface area contributed by atoms with Crippen molar-refractivity contribution in [2.24, 2.45) is 13.0 Å². The molecule has 11 heteroatoms. The molecule has 2 aromatic heterocycles. The summed E-state index contributed by atoms with van der Waals surface area (Å²) in [6, 6.07) is 0. The smallest absolute Gasteiger partial charge is 0.246 e. The molecule has 0 spiro atoms. The lowest BCUT2D eigenvalue weighted by atomic mass is 9.99. The van der Waals surface area contributed by atoms with Crippen LogP contribution in [0.5, 0.6) is 0 Å². The summed E-state index contributed by atoms with van der Waals surface area (Å²) < 4.78 is 35.7. The molecule has 0 bridgehead atoms. The van der Waals surface area contributed by atoms with Gasteiger partial charge in [-0.1, -0.05) is 0 Å². The molecule has 1 atom stereocenters. The van der Waals surface area contributed by atoms with E-state index in [1.54, 1.807) is 31.0 Å². The highest BCUT2D eigenvalue weighted by molar-refractivity contribution is 7.89. The molecule has 3 rings (SSSR count). The highest BCUT2D eigenvalue weighted by atomic mass is 32.2. The fourth-order valence-corrected chi connectivity index (χ4v) is 4.88. The Hall–Kier alpha value is -2.24. The first-order chi connectivity index (χ1) is 13.3. The zero-order valence-electron chi connectivity index (χ0n) is 16.3. The molecule has 0 saturated carbocycles. The zero-order chi connectivity index (χ0) is 20.3. The van der Waals surface area contributed by atoms with Gasteiger partial charge in [0.2, 0.25) is 15.9 Å². The van der Waals surface area contributed by atoms with Gasteiger partial charge in [0.05, 0.1) is 35.9 Å². The van der Waals surface area contributed by atoms with Gasteiger partial charge in [0.1, 0.15) is 11.6 Å². The Balaban J connectivity index is 1.66. The van der Waals surface area contributed by atoms with Crippen molar-refractivity contribution >= 4 is 21.6 Å². The SMILES string of the molecule is CCOCn1cc(NC(=O)[C@@H]2CCCN(S(=O)(=O)c3cnn(C)c3C)C2)cn1. The molecule has 1 saturated heterocycles. The Bertz CT molecular complexity index is 935. The Labute approximate surface area is 164 Å². The molecule has 154 valence electrons. The lowest BCUT2D eigenvalue weighted by molar-refractivity contribution is -0.120. The molecule has 28 heavy (non-hydrogen) atoms. The third-order valence-corrected chi connectivity index (χ3v) is 6.86. The molecule has 1 aliphatic heterocycles. The van der Waals surface area contributed by atoms with Crippen molar-refractivity contribution in [3.63, 3.8) is 0 Å². The van der Waals surface area contributed by atoms with E-state index in [2.05, 4.69) is 15.5 Å². The van der Waals surface area contributed by atoms with Crippen molar-refractivity contribution in [1.82, 2.24) is 23.9 Å². The van der Waals surface area contributed by atoms with E-state index >= 15 is 0 Å². The molecule has 0 aliphatic carbocycles. The largest absolute Gasteiger partial charge is 0.360 e. The van der Waals surface area contributed by atoms with Gasteiger partial charge in [-0.3, -0.25) is 9.48 Å². The number of aromatic nitrogens is 4. The van der Waals surface area contributed by atoms with Crippen LogP contribution in [0, 0.1) is 12.8 Å². The minimum atomic E-state index is -3.68. The van der Waals surface area contributed by atoms with Gasteiger partial charge in [0, 0.05) is 26.7 Å². The van der Waals surface area contributed by atoms with Crippen molar-refractivity contribution in [2.45, 2.75) is 38.3 Å². The van der Waals surface area contributed by atoms with Gasteiger partial charge in [-0.2, -0.15) is 14.5 Å². The van der Waals surface area contributed by atoms with Gasteiger partial charge < -0.3 is 10.1 Å². The standard InChI is InChI=1S/C17H26N6O4S/c1-4-27-12-22-11-15(8-19-22)20-17(24)14-6-5-7-23(10-14)28(25,26)16-9-18-21(3)13(16)2/h8-9,11,14H,4-7,10,12H2,1-3H3,(H,20,24)/t14-/m1/s1. The molecule has 3 heterocycles. The van der Waals surface area contributed by atoms with Crippen LogP contribution in [-0.2, 0) is 33.3 Å².